The van der Waals surface area contributed by atoms with E-state index in [1.807, 2.05) is 52.2 Å². The van der Waals surface area contributed by atoms with E-state index >= 15 is 0 Å². The van der Waals surface area contributed by atoms with E-state index in [0.717, 1.165) is 40.5 Å². The zero-order valence-corrected chi connectivity index (χ0v) is 16.7. The average molecular weight is 384 g/mol. The second kappa shape index (κ2) is 7.72. The molecule has 3 aromatic rings. The third-order valence-electron chi connectivity index (χ3n) is 5.50. The molecule has 0 N–H and O–H groups in total. The molecule has 1 fully saturated rings. The van der Waals surface area contributed by atoms with Gasteiger partial charge in [-0.25, -0.2) is 4.98 Å². The fraction of sp³-hybridized carbons (Fsp3) is 0.429. The van der Waals surface area contributed by atoms with E-state index in [9.17, 15) is 4.79 Å². The second-order valence-electron chi connectivity index (χ2n) is 7.21. The monoisotopic (exact) mass is 383 g/mol. The molecule has 0 bridgehead atoms. The van der Waals surface area contributed by atoms with E-state index < -0.39 is 0 Å². The van der Waals surface area contributed by atoms with Gasteiger partial charge in [-0.05, 0) is 25.0 Å². The molecule has 27 heavy (non-hydrogen) atoms. The van der Waals surface area contributed by atoms with Gasteiger partial charge >= 0.3 is 0 Å². The summed E-state index contributed by atoms with van der Waals surface area (Å²) in [7, 11) is 3.62. The SMILES string of the molecule is COc1cccc(-c2cn3c(CC(=O)N(C)C4CCCCC4)csc3n2)c1. The van der Waals surface area contributed by atoms with Crippen LogP contribution in [0.1, 0.15) is 37.8 Å². The Kier molecular flexibility index (Phi) is 5.16. The third-order valence-corrected chi connectivity index (χ3v) is 6.39. The van der Waals surface area contributed by atoms with Crippen molar-refractivity contribution >= 4 is 22.2 Å². The standard InChI is InChI=1S/C21H25N3O2S/c1-23(16-8-4-3-5-9-16)20(25)12-17-14-27-21-22-19(13-24(17)21)15-7-6-10-18(11-15)26-2/h6-7,10-11,13-14,16H,3-5,8-9,12H2,1-2H3. The highest BCUT2D eigenvalue weighted by atomic mass is 32.1. The van der Waals surface area contributed by atoms with E-state index in [2.05, 4.69) is 0 Å². The zero-order valence-electron chi connectivity index (χ0n) is 15.9. The summed E-state index contributed by atoms with van der Waals surface area (Å²) in [6.07, 6.45) is 8.46. The number of carbonyl (C=O) groups excluding carboxylic acids is 1. The van der Waals surface area contributed by atoms with Crippen molar-refractivity contribution < 1.29 is 9.53 Å². The minimum Gasteiger partial charge on any atom is -0.497 e. The first-order chi connectivity index (χ1) is 13.2. The maximum absolute atomic E-state index is 12.8. The molecule has 0 aliphatic heterocycles. The summed E-state index contributed by atoms with van der Waals surface area (Å²) in [5.74, 6) is 1.01. The Morgan fingerprint density at radius 1 is 1.33 bits per heavy atom. The summed E-state index contributed by atoms with van der Waals surface area (Å²) in [4.78, 5) is 20.4. The first kappa shape index (κ1) is 18.0. The summed E-state index contributed by atoms with van der Waals surface area (Å²) in [5.41, 5.74) is 2.92. The van der Waals surface area contributed by atoms with Crippen LogP contribution in [0.4, 0.5) is 0 Å². The minimum absolute atomic E-state index is 0.193. The van der Waals surface area contributed by atoms with Crippen LogP contribution in [-0.4, -0.2) is 40.4 Å². The zero-order chi connectivity index (χ0) is 18.8. The number of carbonyl (C=O) groups is 1. The summed E-state index contributed by atoms with van der Waals surface area (Å²) in [6, 6.07) is 8.29. The van der Waals surface area contributed by atoms with Gasteiger partial charge in [-0.2, -0.15) is 0 Å². The van der Waals surface area contributed by atoms with Gasteiger partial charge < -0.3 is 9.64 Å². The van der Waals surface area contributed by atoms with Gasteiger partial charge in [0.05, 0.1) is 19.2 Å². The number of imidazole rings is 1. The molecule has 2 aromatic heterocycles. The lowest BCUT2D eigenvalue weighted by atomic mass is 9.94. The summed E-state index contributed by atoms with van der Waals surface area (Å²) in [6.45, 7) is 0. The van der Waals surface area contributed by atoms with Gasteiger partial charge in [0.1, 0.15) is 5.75 Å². The first-order valence-electron chi connectivity index (χ1n) is 9.51. The Balaban J connectivity index is 1.54. The quantitative estimate of drug-likeness (QED) is 0.656. The van der Waals surface area contributed by atoms with Gasteiger partial charge in [-0.1, -0.05) is 31.4 Å². The third kappa shape index (κ3) is 3.72. The molecule has 0 unspecified atom stereocenters. The number of nitrogens with zero attached hydrogens (tertiary/aromatic N) is 3. The number of ether oxygens (including phenoxy) is 1. The van der Waals surface area contributed by atoms with E-state index in [-0.39, 0.29) is 5.91 Å². The number of likely N-dealkylation sites (N-methyl/N-ethyl adjacent to an activating group) is 1. The average Bonchev–Trinajstić information content (AvgIpc) is 3.30. The van der Waals surface area contributed by atoms with E-state index in [1.54, 1.807) is 18.4 Å². The first-order valence-corrected chi connectivity index (χ1v) is 10.4. The van der Waals surface area contributed by atoms with Crippen molar-refractivity contribution in [2.75, 3.05) is 14.2 Å². The number of hydrogen-bond acceptors (Lipinski definition) is 4. The van der Waals surface area contributed by atoms with Gasteiger partial charge in [0, 0.05) is 35.9 Å². The van der Waals surface area contributed by atoms with Crippen LogP contribution in [0.5, 0.6) is 5.75 Å². The minimum atomic E-state index is 0.193. The van der Waals surface area contributed by atoms with E-state index in [4.69, 9.17) is 9.72 Å². The molecule has 1 aliphatic carbocycles. The summed E-state index contributed by atoms with van der Waals surface area (Å²) in [5, 5.41) is 2.05. The van der Waals surface area contributed by atoms with Crippen molar-refractivity contribution in [2.24, 2.45) is 0 Å². The van der Waals surface area contributed by atoms with E-state index in [0.29, 0.717) is 12.5 Å². The van der Waals surface area contributed by atoms with Crippen molar-refractivity contribution in [3.63, 3.8) is 0 Å². The van der Waals surface area contributed by atoms with Crippen LogP contribution in [0.2, 0.25) is 0 Å². The van der Waals surface area contributed by atoms with Crippen molar-refractivity contribution in [2.45, 2.75) is 44.6 Å². The van der Waals surface area contributed by atoms with Crippen molar-refractivity contribution in [1.29, 1.82) is 0 Å². The van der Waals surface area contributed by atoms with Gasteiger partial charge in [-0.3, -0.25) is 9.20 Å². The number of thiazole rings is 1. The number of amides is 1. The highest BCUT2D eigenvalue weighted by Gasteiger charge is 2.23. The smallest absolute Gasteiger partial charge is 0.228 e. The highest BCUT2D eigenvalue weighted by molar-refractivity contribution is 7.15. The molecule has 0 radical (unpaired) electrons. The van der Waals surface area contributed by atoms with Gasteiger partial charge in [0.2, 0.25) is 5.91 Å². The van der Waals surface area contributed by atoms with Gasteiger partial charge in [0.25, 0.3) is 0 Å². The largest absolute Gasteiger partial charge is 0.497 e. The molecule has 6 heteroatoms. The molecule has 0 atom stereocenters. The molecular weight excluding hydrogens is 358 g/mol. The lowest BCUT2D eigenvalue weighted by Crippen LogP contribution is -2.39. The molecule has 0 saturated heterocycles. The Morgan fingerprint density at radius 3 is 2.93 bits per heavy atom. The topological polar surface area (TPSA) is 46.8 Å². The van der Waals surface area contributed by atoms with Crippen LogP contribution in [0, 0.1) is 0 Å². The molecule has 1 saturated carbocycles. The number of fused-ring (bicyclic) bond motifs is 1. The van der Waals surface area contributed by atoms with Crippen LogP contribution in [0.15, 0.2) is 35.8 Å². The Hall–Kier alpha value is -2.34. The normalized spacial score (nSPS) is 15.2. The number of rotatable bonds is 5. The summed E-state index contributed by atoms with van der Waals surface area (Å²) >= 11 is 1.58. The van der Waals surface area contributed by atoms with Crippen molar-refractivity contribution in [3.8, 4) is 17.0 Å². The van der Waals surface area contributed by atoms with Crippen LogP contribution in [-0.2, 0) is 11.2 Å². The molecule has 4 rings (SSSR count). The molecule has 5 nitrogen and oxygen atoms in total. The number of benzene rings is 1. The van der Waals surface area contributed by atoms with Crippen LogP contribution >= 0.6 is 11.3 Å². The Morgan fingerprint density at radius 2 is 2.15 bits per heavy atom. The molecule has 1 aromatic carbocycles. The van der Waals surface area contributed by atoms with Gasteiger partial charge in [0.15, 0.2) is 4.96 Å². The Bertz CT molecular complexity index is 940. The molecular formula is C21H25N3O2S. The highest BCUT2D eigenvalue weighted by Crippen LogP contribution is 2.27. The fourth-order valence-electron chi connectivity index (χ4n) is 3.83. The molecule has 142 valence electrons. The number of aromatic nitrogens is 2. The van der Waals surface area contributed by atoms with Gasteiger partial charge in [-0.15, -0.1) is 11.3 Å². The Labute approximate surface area is 163 Å². The van der Waals surface area contributed by atoms with Crippen LogP contribution in [0.25, 0.3) is 16.2 Å². The lowest BCUT2D eigenvalue weighted by molar-refractivity contribution is -0.131. The predicted molar refractivity (Wildman–Crippen MR) is 108 cm³/mol. The molecule has 2 heterocycles. The van der Waals surface area contributed by atoms with Crippen molar-refractivity contribution in [1.82, 2.24) is 14.3 Å². The molecule has 1 aliphatic rings. The maximum Gasteiger partial charge on any atom is 0.228 e. The molecule has 0 spiro atoms. The van der Waals surface area contributed by atoms with Crippen LogP contribution < -0.4 is 4.74 Å². The van der Waals surface area contributed by atoms with E-state index in [1.165, 1.54) is 19.3 Å². The summed E-state index contributed by atoms with van der Waals surface area (Å²) < 4.78 is 7.36. The van der Waals surface area contributed by atoms with Crippen molar-refractivity contribution in [3.05, 3.63) is 41.5 Å². The molecule has 1 amide bonds. The predicted octanol–water partition coefficient (Wildman–Crippen LogP) is 4.41. The maximum atomic E-state index is 12.8. The van der Waals surface area contributed by atoms with Crippen LogP contribution in [0.3, 0.4) is 0 Å². The lowest BCUT2D eigenvalue weighted by Gasteiger charge is -2.31. The number of methoxy groups -OCH3 is 1. The number of hydrogen-bond donors (Lipinski definition) is 0. The fourth-order valence-corrected chi connectivity index (χ4v) is 4.70. The second-order valence-corrected chi connectivity index (χ2v) is 8.05.